The van der Waals surface area contributed by atoms with Crippen LogP contribution in [0.25, 0.3) is 0 Å². The second-order valence-corrected chi connectivity index (χ2v) is 5.44. The van der Waals surface area contributed by atoms with Crippen molar-refractivity contribution in [3.63, 3.8) is 0 Å². The molecule has 1 saturated heterocycles. The molecule has 4 atom stereocenters. The molecule has 0 aromatic rings. The highest BCUT2D eigenvalue weighted by Crippen LogP contribution is 2.47. The van der Waals surface area contributed by atoms with Crippen LogP contribution in [0, 0.1) is 0 Å². The van der Waals surface area contributed by atoms with E-state index in [1.807, 2.05) is 0 Å². The average molecular weight is 318 g/mol. The van der Waals surface area contributed by atoms with Crippen LogP contribution in [-0.4, -0.2) is 72.8 Å². The maximum absolute atomic E-state index is 11.9. The van der Waals surface area contributed by atoms with Crippen molar-refractivity contribution < 1.29 is 44.3 Å². The number of Topliss-reactive ketones (excluding diaryl/α,β-unsaturated/α-hetero) is 4. The molecule has 1 aliphatic rings. The van der Waals surface area contributed by atoms with Crippen molar-refractivity contribution in [2.24, 2.45) is 0 Å². The van der Waals surface area contributed by atoms with Crippen molar-refractivity contribution in [3.8, 4) is 0 Å². The Balaban J connectivity index is 3.90. The SMILES string of the molecule is CC(=O)C1(O)OC[C@@](O)(C(C)=O)[C@@](O)(C(C)=O)[C@@]1(O)C(C)=O. The highest BCUT2D eigenvalue weighted by molar-refractivity contribution is 6.08. The van der Waals surface area contributed by atoms with Crippen molar-refractivity contribution in [2.75, 3.05) is 6.61 Å². The van der Waals surface area contributed by atoms with E-state index < -0.39 is 52.3 Å². The molecule has 0 bridgehead atoms. The maximum Gasteiger partial charge on any atom is 0.267 e. The highest BCUT2D eigenvalue weighted by atomic mass is 16.7. The van der Waals surface area contributed by atoms with Crippen molar-refractivity contribution in [2.45, 2.75) is 50.3 Å². The molecule has 9 heteroatoms. The van der Waals surface area contributed by atoms with Crippen LogP contribution in [-0.2, 0) is 23.9 Å². The minimum atomic E-state index is -3.57. The largest absolute Gasteiger partial charge is 0.376 e. The molecule has 1 aliphatic heterocycles. The lowest BCUT2D eigenvalue weighted by Gasteiger charge is -2.57. The van der Waals surface area contributed by atoms with Gasteiger partial charge < -0.3 is 25.2 Å². The molecule has 1 fully saturated rings. The van der Waals surface area contributed by atoms with Crippen LogP contribution < -0.4 is 0 Å². The highest BCUT2D eigenvalue weighted by Gasteiger charge is 2.81. The summed E-state index contributed by atoms with van der Waals surface area (Å²) in [4.78, 5) is 47.2. The number of hydrogen-bond acceptors (Lipinski definition) is 9. The molecule has 22 heavy (non-hydrogen) atoms. The molecular formula is C13H18O9. The van der Waals surface area contributed by atoms with Gasteiger partial charge in [-0.2, -0.15) is 0 Å². The summed E-state index contributed by atoms with van der Waals surface area (Å²) in [5, 5.41) is 41.8. The van der Waals surface area contributed by atoms with Crippen molar-refractivity contribution in [1.82, 2.24) is 0 Å². The first-order valence-corrected chi connectivity index (χ1v) is 6.31. The van der Waals surface area contributed by atoms with Gasteiger partial charge in [0, 0.05) is 6.92 Å². The maximum atomic E-state index is 11.9. The van der Waals surface area contributed by atoms with Crippen molar-refractivity contribution in [3.05, 3.63) is 0 Å². The molecular weight excluding hydrogens is 300 g/mol. The lowest BCUT2D eigenvalue weighted by atomic mass is 9.60. The number of rotatable bonds is 4. The molecule has 0 spiro atoms. The van der Waals surface area contributed by atoms with E-state index in [1.165, 1.54) is 0 Å². The number of aliphatic hydroxyl groups is 4. The van der Waals surface area contributed by atoms with Gasteiger partial charge in [-0.05, 0) is 20.8 Å². The third-order valence-corrected chi connectivity index (χ3v) is 4.18. The van der Waals surface area contributed by atoms with Gasteiger partial charge in [0.25, 0.3) is 5.79 Å². The van der Waals surface area contributed by atoms with Crippen molar-refractivity contribution in [1.29, 1.82) is 0 Å². The predicted octanol–water partition coefficient (Wildman–Crippen LogP) is -2.75. The summed E-state index contributed by atoms with van der Waals surface area (Å²) in [5.74, 6) is -8.64. The molecule has 1 rings (SSSR count). The number of ether oxygens (including phenoxy) is 1. The van der Waals surface area contributed by atoms with Crippen LogP contribution in [0.5, 0.6) is 0 Å². The summed E-state index contributed by atoms with van der Waals surface area (Å²) in [5.41, 5.74) is -10.1. The molecule has 0 aliphatic carbocycles. The van der Waals surface area contributed by atoms with E-state index in [4.69, 9.17) is 0 Å². The van der Waals surface area contributed by atoms with E-state index in [2.05, 4.69) is 4.74 Å². The minimum Gasteiger partial charge on any atom is -0.376 e. The van der Waals surface area contributed by atoms with E-state index in [-0.39, 0.29) is 0 Å². The zero-order valence-electron chi connectivity index (χ0n) is 12.5. The summed E-state index contributed by atoms with van der Waals surface area (Å²) >= 11 is 0. The molecule has 124 valence electrons. The van der Waals surface area contributed by atoms with Gasteiger partial charge in [0.05, 0.1) is 6.61 Å². The summed E-state index contributed by atoms with van der Waals surface area (Å²) in [6.45, 7) is 1.71. The number of carbonyl (C=O) groups is 4. The molecule has 0 amide bonds. The van der Waals surface area contributed by atoms with E-state index in [0.29, 0.717) is 13.8 Å². The Labute approximate surface area is 125 Å². The quantitative estimate of drug-likeness (QED) is 0.431. The summed E-state index contributed by atoms with van der Waals surface area (Å²) in [6.07, 6.45) is 0. The first-order chi connectivity index (χ1) is 9.73. The van der Waals surface area contributed by atoms with Gasteiger partial charge in [0.2, 0.25) is 11.2 Å². The van der Waals surface area contributed by atoms with Gasteiger partial charge in [0.1, 0.15) is 0 Å². The standard InChI is InChI=1S/C13H18O9/c1-6(14)10(18)5-22-13(21,9(4)17)12(20,8(3)16)11(10,19)7(2)15/h18-21H,5H2,1-4H3/t10-,11+,12+,13?/m1/s1. The first-order valence-electron chi connectivity index (χ1n) is 6.31. The minimum absolute atomic E-state index is 0.664. The van der Waals surface area contributed by atoms with Gasteiger partial charge in [-0.25, -0.2) is 0 Å². The van der Waals surface area contributed by atoms with Crippen LogP contribution in [0.3, 0.4) is 0 Å². The van der Waals surface area contributed by atoms with Crippen LogP contribution in [0.1, 0.15) is 27.7 Å². The fraction of sp³-hybridized carbons (Fsp3) is 0.692. The second kappa shape index (κ2) is 5.00. The fourth-order valence-electron chi connectivity index (χ4n) is 2.71. The molecule has 4 N–H and O–H groups in total. The van der Waals surface area contributed by atoms with Gasteiger partial charge in [-0.3, -0.25) is 19.2 Å². The van der Waals surface area contributed by atoms with Crippen molar-refractivity contribution >= 4 is 23.1 Å². The van der Waals surface area contributed by atoms with Gasteiger partial charge in [0.15, 0.2) is 28.7 Å². The summed E-state index contributed by atoms with van der Waals surface area (Å²) < 4.78 is 4.68. The third kappa shape index (κ3) is 1.77. The molecule has 0 aromatic carbocycles. The molecule has 9 nitrogen and oxygen atoms in total. The Morgan fingerprint density at radius 3 is 1.41 bits per heavy atom. The van der Waals surface area contributed by atoms with Crippen LogP contribution in [0.2, 0.25) is 0 Å². The topological polar surface area (TPSA) is 158 Å². The number of carbonyl (C=O) groups excluding carboxylic acids is 4. The fourth-order valence-corrected chi connectivity index (χ4v) is 2.71. The van der Waals surface area contributed by atoms with Gasteiger partial charge in [-0.1, -0.05) is 0 Å². The monoisotopic (exact) mass is 318 g/mol. The zero-order valence-corrected chi connectivity index (χ0v) is 12.5. The van der Waals surface area contributed by atoms with E-state index in [1.54, 1.807) is 0 Å². The van der Waals surface area contributed by atoms with E-state index in [9.17, 15) is 39.6 Å². The Kier molecular flexibility index (Phi) is 4.21. The molecule has 0 aromatic heterocycles. The van der Waals surface area contributed by atoms with E-state index >= 15 is 0 Å². The molecule has 1 heterocycles. The second-order valence-electron chi connectivity index (χ2n) is 5.44. The van der Waals surface area contributed by atoms with Crippen LogP contribution in [0.4, 0.5) is 0 Å². The van der Waals surface area contributed by atoms with Crippen LogP contribution in [0.15, 0.2) is 0 Å². The normalized spacial score (nSPS) is 41.8. The summed E-state index contributed by atoms with van der Waals surface area (Å²) in [6, 6.07) is 0. The predicted molar refractivity (Wildman–Crippen MR) is 68.5 cm³/mol. The Hall–Kier alpha value is -1.52. The number of hydrogen-bond donors (Lipinski definition) is 4. The Bertz CT molecular complexity index is 520. The lowest BCUT2D eigenvalue weighted by molar-refractivity contribution is -0.367. The summed E-state index contributed by atoms with van der Waals surface area (Å²) in [7, 11) is 0. The zero-order chi connectivity index (χ0) is 17.7. The van der Waals surface area contributed by atoms with Crippen LogP contribution >= 0.6 is 0 Å². The third-order valence-electron chi connectivity index (χ3n) is 4.18. The van der Waals surface area contributed by atoms with E-state index in [0.717, 1.165) is 13.8 Å². The lowest BCUT2D eigenvalue weighted by Crippen LogP contribution is -2.88. The molecule has 1 unspecified atom stereocenters. The Morgan fingerprint density at radius 2 is 1.14 bits per heavy atom. The smallest absolute Gasteiger partial charge is 0.267 e. The van der Waals surface area contributed by atoms with Gasteiger partial charge >= 0.3 is 0 Å². The van der Waals surface area contributed by atoms with Gasteiger partial charge in [-0.15, -0.1) is 0 Å². The number of ketones is 4. The first kappa shape index (κ1) is 18.5. The molecule has 0 saturated carbocycles. The molecule has 0 radical (unpaired) electrons. The Morgan fingerprint density at radius 1 is 0.727 bits per heavy atom. The average Bonchev–Trinajstić information content (AvgIpc) is 2.39.